The van der Waals surface area contributed by atoms with Gasteiger partial charge in [0.25, 0.3) is 11.5 Å². The number of carbonyl (C=O) groups is 1. The van der Waals surface area contributed by atoms with E-state index in [1.165, 1.54) is 30.6 Å². The third-order valence-corrected chi connectivity index (χ3v) is 7.74. The van der Waals surface area contributed by atoms with E-state index in [0.717, 1.165) is 39.5 Å². The highest BCUT2D eigenvalue weighted by Crippen LogP contribution is 2.30. The summed E-state index contributed by atoms with van der Waals surface area (Å²) in [6.45, 7) is 2.29. The van der Waals surface area contributed by atoms with Crippen molar-refractivity contribution in [1.82, 2.24) is 14.6 Å². The number of alkyl halides is 3. The maximum absolute atomic E-state index is 13.3. The Morgan fingerprint density at radius 1 is 1.19 bits per heavy atom. The van der Waals surface area contributed by atoms with Crippen molar-refractivity contribution in [2.45, 2.75) is 44.9 Å². The molecule has 1 atom stereocenters. The lowest BCUT2D eigenvalue weighted by Crippen LogP contribution is -2.42. The Balaban J connectivity index is 1.38. The van der Waals surface area contributed by atoms with Crippen molar-refractivity contribution < 1.29 is 22.8 Å². The highest BCUT2D eigenvalue weighted by Gasteiger charge is 2.31. The van der Waals surface area contributed by atoms with Crippen LogP contribution in [-0.2, 0) is 19.1 Å². The van der Waals surface area contributed by atoms with Gasteiger partial charge in [0.2, 0.25) is 5.95 Å². The molecule has 5 rings (SSSR count). The zero-order valence-corrected chi connectivity index (χ0v) is 21.1. The molecule has 3 heterocycles. The Morgan fingerprint density at radius 2 is 1.92 bits per heavy atom. The molecule has 2 aliphatic rings. The molecule has 0 saturated heterocycles. The van der Waals surface area contributed by atoms with Crippen LogP contribution in [0.2, 0.25) is 0 Å². The first-order valence-corrected chi connectivity index (χ1v) is 12.7. The second kappa shape index (κ2) is 9.70. The van der Waals surface area contributed by atoms with Gasteiger partial charge in [-0.2, -0.15) is 13.2 Å². The summed E-state index contributed by atoms with van der Waals surface area (Å²) in [5.41, 5.74) is 0.374. The number of benzene rings is 1. The predicted octanol–water partition coefficient (Wildman–Crippen LogP) is 3.11. The van der Waals surface area contributed by atoms with Gasteiger partial charge in [-0.1, -0.05) is 24.3 Å². The number of nitrogens with one attached hydrogen (secondary N) is 1. The zero-order valence-electron chi connectivity index (χ0n) is 20.3. The summed E-state index contributed by atoms with van der Waals surface area (Å²) in [4.78, 5) is 38.7. The summed E-state index contributed by atoms with van der Waals surface area (Å²) in [6.07, 6.45) is 2.19. The zero-order chi connectivity index (χ0) is 26.3. The summed E-state index contributed by atoms with van der Waals surface area (Å²) >= 11 is 1.47. The molecule has 0 unspecified atom stereocenters. The van der Waals surface area contributed by atoms with Crippen LogP contribution in [0, 0.1) is 0 Å². The van der Waals surface area contributed by atoms with Crippen molar-refractivity contribution in [3.05, 3.63) is 77.7 Å². The quantitative estimate of drug-likeness (QED) is 0.549. The third kappa shape index (κ3) is 4.87. The van der Waals surface area contributed by atoms with Gasteiger partial charge in [-0.3, -0.25) is 9.59 Å². The number of thiophene rings is 1. The van der Waals surface area contributed by atoms with Gasteiger partial charge in [-0.15, -0.1) is 16.1 Å². The molecule has 194 valence electrons. The van der Waals surface area contributed by atoms with Crippen LogP contribution in [0.5, 0.6) is 0 Å². The van der Waals surface area contributed by atoms with Gasteiger partial charge in [0, 0.05) is 17.5 Å². The lowest BCUT2D eigenvalue weighted by atomic mass is 10.1. The molecule has 1 N–H and O–H groups in total. The molecule has 7 nitrogen and oxygen atoms in total. The Kier molecular flexibility index (Phi) is 6.57. The Morgan fingerprint density at radius 3 is 2.59 bits per heavy atom. The second-order valence-corrected chi connectivity index (χ2v) is 10.1. The van der Waals surface area contributed by atoms with E-state index in [4.69, 9.17) is 4.84 Å². The average Bonchev–Trinajstić information content (AvgIpc) is 3.32. The second-order valence-electron chi connectivity index (χ2n) is 9.02. The maximum Gasteiger partial charge on any atom is 0.416 e. The minimum Gasteiger partial charge on any atom is -0.411 e. The summed E-state index contributed by atoms with van der Waals surface area (Å²) in [5.74, 6) is 0.0313. The molecule has 1 amide bonds. The van der Waals surface area contributed by atoms with Crippen molar-refractivity contribution in [3.8, 4) is 0 Å². The molecule has 1 aliphatic carbocycles. The van der Waals surface area contributed by atoms with Crippen LogP contribution in [0.25, 0.3) is 12.2 Å². The van der Waals surface area contributed by atoms with Crippen molar-refractivity contribution in [3.63, 3.8) is 0 Å². The fourth-order valence-electron chi connectivity index (χ4n) is 4.58. The fraction of sp³-hybridized carbons (Fsp3) is 0.346. The molecule has 3 aromatic rings. The number of amides is 1. The standard InChI is InChI=1S/C26H25F3N4O3S/c1-15(16-7-9-18(10-8-16)26(27,28)29)30-25-31-20-11-12-32(14-19(20)23(34)33(25)36-2)24(35)22-13-17-5-3-4-6-21(17)37-22/h5-10,13,15H,3-4,11-12,14H2,1-2H3,(H,30,31)/t15-/m0/s1. The van der Waals surface area contributed by atoms with E-state index in [1.807, 2.05) is 6.07 Å². The van der Waals surface area contributed by atoms with Crippen LogP contribution in [0.15, 0.2) is 35.1 Å². The van der Waals surface area contributed by atoms with Gasteiger partial charge < -0.3 is 15.1 Å². The van der Waals surface area contributed by atoms with E-state index in [-0.39, 0.29) is 18.4 Å². The molecular formula is C26H25F3N4O3S. The number of carbonyl (C=O) groups excluding carboxylic acids is 1. The topological polar surface area (TPSA) is 76.5 Å². The van der Waals surface area contributed by atoms with Gasteiger partial charge >= 0.3 is 6.18 Å². The van der Waals surface area contributed by atoms with Gasteiger partial charge in [-0.05, 0) is 48.7 Å². The maximum atomic E-state index is 13.3. The Bertz CT molecular complexity index is 1490. The highest BCUT2D eigenvalue weighted by molar-refractivity contribution is 7.12. The molecule has 1 aromatic carbocycles. The van der Waals surface area contributed by atoms with E-state index in [0.29, 0.717) is 34.7 Å². The first kappa shape index (κ1) is 25.1. The number of anilines is 1. The SMILES string of the molecule is COn1c(N[C@@H](C)c2ccc(C(F)(F)F)cc2)nc2c(c1=O)CN(C(=O)c1cc3c(s1)=CCCC=3)CC2. The minimum absolute atomic E-state index is 0.117. The number of rotatable bonds is 5. The van der Waals surface area contributed by atoms with Gasteiger partial charge in [0.1, 0.15) is 7.11 Å². The summed E-state index contributed by atoms with van der Waals surface area (Å²) in [7, 11) is 1.33. The molecule has 0 bridgehead atoms. The number of hydrogen-bond acceptors (Lipinski definition) is 6. The smallest absolute Gasteiger partial charge is 0.411 e. The minimum atomic E-state index is -4.42. The number of hydrogen-bond donors (Lipinski definition) is 1. The molecule has 37 heavy (non-hydrogen) atoms. The summed E-state index contributed by atoms with van der Waals surface area (Å²) in [6, 6.07) is 6.26. The van der Waals surface area contributed by atoms with E-state index in [1.54, 1.807) is 11.8 Å². The average molecular weight is 531 g/mol. The lowest BCUT2D eigenvalue weighted by Gasteiger charge is -2.28. The van der Waals surface area contributed by atoms with Gasteiger partial charge in [0.05, 0.1) is 34.3 Å². The van der Waals surface area contributed by atoms with Gasteiger partial charge in [0.15, 0.2) is 0 Å². The first-order chi connectivity index (χ1) is 17.7. The van der Waals surface area contributed by atoms with Crippen molar-refractivity contribution >= 4 is 35.3 Å². The molecule has 1 aliphatic heterocycles. The first-order valence-electron chi connectivity index (χ1n) is 11.9. The molecule has 0 radical (unpaired) electrons. The molecule has 2 aromatic heterocycles. The number of halogens is 3. The third-order valence-electron chi connectivity index (χ3n) is 6.61. The summed E-state index contributed by atoms with van der Waals surface area (Å²) < 4.78 is 40.8. The number of aromatic nitrogens is 2. The fourth-order valence-corrected chi connectivity index (χ4v) is 5.68. The molecule has 11 heteroatoms. The Labute approximate surface area is 214 Å². The van der Waals surface area contributed by atoms with Crippen LogP contribution >= 0.6 is 11.3 Å². The number of nitrogens with zero attached hydrogens (tertiary/aromatic N) is 3. The summed E-state index contributed by atoms with van der Waals surface area (Å²) in [5, 5.41) is 4.16. The van der Waals surface area contributed by atoms with E-state index in [9.17, 15) is 22.8 Å². The lowest BCUT2D eigenvalue weighted by molar-refractivity contribution is -0.137. The van der Waals surface area contributed by atoms with Crippen LogP contribution in [-0.4, -0.2) is 34.2 Å². The number of fused-ring (bicyclic) bond motifs is 2. The normalized spacial score (nSPS) is 15.6. The van der Waals surface area contributed by atoms with Crippen molar-refractivity contribution in [2.24, 2.45) is 0 Å². The van der Waals surface area contributed by atoms with Crippen LogP contribution in [0.1, 0.15) is 57.9 Å². The van der Waals surface area contributed by atoms with E-state index < -0.39 is 23.3 Å². The molecular weight excluding hydrogens is 505 g/mol. The monoisotopic (exact) mass is 530 g/mol. The molecule has 0 fully saturated rings. The van der Waals surface area contributed by atoms with E-state index in [2.05, 4.69) is 22.5 Å². The largest absolute Gasteiger partial charge is 0.416 e. The Hall–Kier alpha value is -3.60. The van der Waals surface area contributed by atoms with Crippen molar-refractivity contribution in [1.29, 1.82) is 0 Å². The predicted molar refractivity (Wildman–Crippen MR) is 135 cm³/mol. The van der Waals surface area contributed by atoms with Gasteiger partial charge in [-0.25, -0.2) is 4.98 Å². The molecule has 0 saturated carbocycles. The highest BCUT2D eigenvalue weighted by atomic mass is 32.1. The molecule has 0 spiro atoms. The van der Waals surface area contributed by atoms with Crippen LogP contribution in [0.3, 0.4) is 0 Å². The van der Waals surface area contributed by atoms with Crippen LogP contribution < -0.4 is 25.5 Å². The van der Waals surface area contributed by atoms with Crippen LogP contribution in [0.4, 0.5) is 19.1 Å². The van der Waals surface area contributed by atoms with E-state index >= 15 is 0 Å². The van der Waals surface area contributed by atoms with Crippen molar-refractivity contribution in [2.75, 3.05) is 19.0 Å².